The Balaban J connectivity index is 2.01. The molecule has 0 fully saturated rings. The molecule has 4 rings (SSSR count). The van der Waals surface area contributed by atoms with Crippen molar-refractivity contribution in [1.29, 1.82) is 0 Å². The van der Waals surface area contributed by atoms with E-state index in [0.717, 1.165) is 12.1 Å². The van der Waals surface area contributed by atoms with Gasteiger partial charge in [-0.05, 0) is 36.8 Å². The smallest absolute Gasteiger partial charge is 0.178 e. The lowest BCUT2D eigenvalue weighted by Crippen LogP contribution is -2.34. The molecule has 142 valence electrons. The van der Waals surface area contributed by atoms with E-state index in [9.17, 15) is 18.4 Å². The average Bonchev–Trinajstić information content (AvgIpc) is 3.06. The zero-order valence-corrected chi connectivity index (χ0v) is 15.0. The van der Waals surface area contributed by atoms with Gasteiger partial charge in [0.15, 0.2) is 11.6 Å². The molecule has 0 aliphatic carbocycles. The summed E-state index contributed by atoms with van der Waals surface area (Å²) in [6.45, 7) is 1.24. The van der Waals surface area contributed by atoms with Crippen LogP contribution in [0.4, 0.5) is 14.5 Å². The van der Waals surface area contributed by atoms with Gasteiger partial charge in [-0.3, -0.25) is 14.3 Å². The zero-order chi connectivity index (χ0) is 20.9. The predicted molar refractivity (Wildman–Crippen MR) is 97.2 cm³/mol. The van der Waals surface area contributed by atoms with Crippen LogP contribution < -0.4 is 5.32 Å². The molecule has 1 aromatic heterocycles. The van der Waals surface area contributed by atoms with Gasteiger partial charge >= 0.3 is 0 Å². The molecule has 3 aromatic rings. The van der Waals surface area contributed by atoms with Crippen LogP contribution in [0.15, 0.2) is 42.7 Å². The number of hydrogen-bond donors (Lipinski definition) is 1. The van der Waals surface area contributed by atoms with Gasteiger partial charge in [-0.25, -0.2) is 13.8 Å². The minimum atomic E-state index is -1.83. The third-order valence-electron chi connectivity index (χ3n) is 4.71. The third-order valence-corrected chi connectivity index (χ3v) is 4.71. The van der Waals surface area contributed by atoms with Crippen molar-refractivity contribution in [3.8, 4) is 0 Å². The maximum Gasteiger partial charge on any atom is 0.178 e. The van der Waals surface area contributed by atoms with Crippen molar-refractivity contribution in [1.82, 2.24) is 14.8 Å². The molecule has 0 bridgehead atoms. The van der Waals surface area contributed by atoms with Crippen molar-refractivity contribution < 1.29 is 19.7 Å². The largest absolute Gasteiger partial charge is 0.376 e. The lowest BCUT2D eigenvalue weighted by Gasteiger charge is -2.34. The van der Waals surface area contributed by atoms with Crippen molar-refractivity contribution in [2.45, 2.75) is 18.9 Å². The van der Waals surface area contributed by atoms with Crippen molar-refractivity contribution in [2.24, 2.45) is 7.05 Å². The molecule has 2 heterocycles. The van der Waals surface area contributed by atoms with Crippen molar-refractivity contribution >= 4 is 17.3 Å². The quantitative estimate of drug-likeness (QED) is 0.702. The molecule has 2 aromatic carbocycles. The van der Waals surface area contributed by atoms with Gasteiger partial charge in [0.05, 0.1) is 13.0 Å². The van der Waals surface area contributed by atoms with Crippen LogP contribution in [-0.4, -0.2) is 26.3 Å². The summed E-state index contributed by atoms with van der Waals surface area (Å²) in [5.41, 5.74) is 0.222. The molecule has 0 spiro atoms. The van der Waals surface area contributed by atoms with Crippen LogP contribution in [0, 0.1) is 11.6 Å². The molecule has 0 saturated heterocycles. The highest BCUT2D eigenvalue weighted by molar-refractivity contribution is 6.15. The van der Waals surface area contributed by atoms with Crippen LogP contribution in [0.1, 0.15) is 52.3 Å². The Labute approximate surface area is 160 Å². The van der Waals surface area contributed by atoms with Gasteiger partial charge in [-0.1, -0.05) is 12.1 Å². The van der Waals surface area contributed by atoms with E-state index in [1.54, 1.807) is 7.05 Å². The number of benzene rings is 2. The fourth-order valence-corrected chi connectivity index (χ4v) is 3.42. The number of anilines is 1. The van der Waals surface area contributed by atoms with Crippen LogP contribution in [-0.2, 0) is 7.05 Å². The second kappa shape index (κ2) is 6.63. The minimum Gasteiger partial charge on any atom is -0.376 e. The number of rotatable bonds is 3. The molecule has 28 heavy (non-hydrogen) atoms. The molecule has 0 amide bonds. The summed E-state index contributed by atoms with van der Waals surface area (Å²) in [6, 6.07) is 5.34. The van der Waals surface area contributed by atoms with Gasteiger partial charge < -0.3 is 5.32 Å². The molecule has 2 atom stereocenters. The van der Waals surface area contributed by atoms with E-state index < -0.39 is 35.1 Å². The third kappa shape index (κ3) is 2.87. The van der Waals surface area contributed by atoms with Gasteiger partial charge in [-0.15, -0.1) is 0 Å². The number of Topliss-reactive ketones (excluding diaryl/α,β-unsaturated/α-hetero) is 2. The van der Waals surface area contributed by atoms with E-state index in [0.29, 0.717) is 0 Å². The van der Waals surface area contributed by atoms with Gasteiger partial charge in [0.1, 0.15) is 29.7 Å². The molecule has 2 unspecified atom stereocenters. The molecule has 6 nitrogen and oxygen atoms in total. The Morgan fingerprint density at radius 3 is 2.54 bits per heavy atom. The van der Waals surface area contributed by atoms with Gasteiger partial charge in [0.2, 0.25) is 0 Å². The summed E-state index contributed by atoms with van der Waals surface area (Å²) in [6.07, 6.45) is 1.25. The molecule has 1 aliphatic rings. The Hall–Kier alpha value is -3.42. The minimum absolute atomic E-state index is 0.00288. The van der Waals surface area contributed by atoms with E-state index in [2.05, 4.69) is 15.4 Å². The Morgan fingerprint density at radius 2 is 1.93 bits per heavy atom. The molecule has 1 aliphatic heterocycles. The number of aryl methyl sites for hydroxylation is 1. The van der Waals surface area contributed by atoms with E-state index in [1.165, 1.54) is 42.2 Å². The van der Waals surface area contributed by atoms with Crippen molar-refractivity contribution in [2.75, 3.05) is 5.32 Å². The summed E-state index contributed by atoms with van der Waals surface area (Å²) in [5, 5.41) is 6.87. The fraction of sp³-hybridized carbons (Fsp3) is 0.200. The van der Waals surface area contributed by atoms with E-state index in [-0.39, 0.29) is 28.2 Å². The van der Waals surface area contributed by atoms with E-state index in [4.69, 9.17) is 1.37 Å². The summed E-state index contributed by atoms with van der Waals surface area (Å²) in [5.74, 6) is -3.29. The van der Waals surface area contributed by atoms with Crippen molar-refractivity contribution in [3.63, 3.8) is 0 Å². The highest BCUT2D eigenvalue weighted by Gasteiger charge is 2.41. The second-order valence-corrected chi connectivity index (χ2v) is 6.52. The maximum atomic E-state index is 14.1. The summed E-state index contributed by atoms with van der Waals surface area (Å²) >= 11 is 0. The summed E-state index contributed by atoms with van der Waals surface area (Å²) in [4.78, 5) is 29.8. The molecule has 0 radical (unpaired) electrons. The van der Waals surface area contributed by atoms with Crippen molar-refractivity contribution in [3.05, 3.63) is 76.9 Å². The van der Waals surface area contributed by atoms with Gasteiger partial charge in [0, 0.05) is 18.3 Å². The standard InChI is InChI=1S/C20H16F2N4O2/c1-10(27)14-7-13(22)8-15-16(14)19(28)17(20-23-9-24-26(20)2)18(25-15)11-3-5-12(21)6-4-11/h3-9,17-18,25H,1-2H3/i18D. The number of aromatic nitrogens is 3. The first-order valence-corrected chi connectivity index (χ1v) is 8.49. The van der Waals surface area contributed by atoms with E-state index in [1.807, 2.05) is 0 Å². The molecular formula is C20H16F2N4O2. The van der Waals surface area contributed by atoms with Crippen LogP contribution in [0.3, 0.4) is 0 Å². The highest BCUT2D eigenvalue weighted by atomic mass is 19.1. The second-order valence-electron chi connectivity index (χ2n) is 6.52. The first-order chi connectivity index (χ1) is 13.7. The summed E-state index contributed by atoms with van der Waals surface area (Å²) < 4.78 is 38.1. The number of nitrogens with one attached hydrogen (secondary N) is 1. The van der Waals surface area contributed by atoms with Gasteiger partial charge in [-0.2, -0.15) is 5.10 Å². The van der Waals surface area contributed by atoms with Crippen LogP contribution in [0.2, 0.25) is 0 Å². The predicted octanol–water partition coefficient (Wildman–Crippen LogP) is 3.43. The SMILES string of the molecule is [2H]C1(c2ccc(F)cc2)Nc2cc(F)cc(C(C)=O)c2C(=O)C1c1ncnn1C. The van der Waals surface area contributed by atoms with Crippen LogP contribution >= 0.6 is 0 Å². The number of carbonyl (C=O) groups is 2. The maximum absolute atomic E-state index is 14.1. The van der Waals surface area contributed by atoms with Crippen LogP contribution in [0.5, 0.6) is 0 Å². The lowest BCUT2D eigenvalue weighted by atomic mass is 9.79. The Bertz CT molecular complexity index is 1150. The number of carbonyl (C=O) groups excluding carboxylic acids is 2. The number of hydrogen-bond acceptors (Lipinski definition) is 5. The fourth-order valence-electron chi connectivity index (χ4n) is 3.42. The number of ketones is 2. The first-order valence-electron chi connectivity index (χ1n) is 8.99. The highest BCUT2D eigenvalue weighted by Crippen LogP contribution is 2.43. The average molecular weight is 383 g/mol. The number of nitrogens with zero attached hydrogens (tertiary/aromatic N) is 3. The zero-order valence-electron chi connectivity index (χ0n) is 16.0. The number of fused-ring (bicyclic) bond motifs is 1. The first kappa shape index (κ1) is 16.7. The topological polar surface area (TPSA) is 76.9 Å². The van der Waals surface area contributed by atoms with Gasteiger partial charge in [0.25, 0.3) is 0 Å². The Kier molecular flexibility index (Phi) is 3.96. The van der Waals surface area contributed by atoms with E-state index >= 15 is 0 Å². The summed E-state index contributed by atoms with van der Waals surface area (Å²) in [7, 11) is 1.58. The normalized spacial score (nSPS) is 21.6. The lowest BCUT2D eigenvalue weighted by molar-refractivity contribution is 0.0925. The number of halogens is 2. The molecule has 1 N–H and O–H groups in total. The monoisotopic (exact) mass is 383 g/mol. The Morgan fingerprint density at radius 1 is 1.21 bits per heavy atom. The molecule has 0 saturated carbocycles. The van der Waals surface area contributed by atoms with Crippen LogP contribution in [0.25, 0.3) is 0 Å². The molecule has 8 heteroatoms. The molecular weight excluding hydrogens is 366 g/mol.